The first-order valence-corrected chi connectivity index (χ1v) is 11.6. The van der Waals surface area contributed by atoms with Crippen molar-refractivity contribution in [3.05, 3.63) is 118 Å². The molecule has 0 saturated carbocycles. The molecule has 3 aromatic carbocycles. The molecule has 0 bridgehead atoms. The van der Waals surface area contributed by atoms with Crippen molar-refractivity contribution in [3.8, 4) is 5.75 Å². The number of aromatic nitrogens is 1. The van der Waals surface area contributed by atoms with Gasteiger partial charge in [0.25, 0.3) is 5.78 Å². The Kier molecular flexibility index (Phi) is 6.31. The standard InChI is InChI=1S/C28H21ClN2O5/c1-17-15-23(30-36-17)31-25(19-9-13-22(14-10-19)35-16-18-5-3-2-4-6-18)24(27(33)28(31)34)26(32)20-7-11-21(29)12-8-20/h2-15,25,32H,16H2,1H3/b26-24+. The quantitative estimate of drug-likeness (QED) is 0.203. The van der Waals surface area contributed by atoms with Crippen LogP contribution in [0.2, 0.25) is 5.02 Å². The maximum Gasteiger partial charge on any atom is 0.301 e. The van der Waals surface area contributed by atoms with E-state index < -0.39 is 17.7 Å². The fraction of sp³-hybridized carbons (Fsp3) is 0.107. The van der Waals surface area contributed by atoms with Crippen LogP contribution in [0.4, 0.5) is 5.82 Å². The predicted octanol–water partition coefficient (Wildman–Crippen LogP) is 5.84. The number of Topliss-reactive ketones (excluding diaryl/α,β-unsaturated/α-hetero) is 1. The third-order valence-corrected chi connectivity index (χ3v) is 6.12. The van der Waals surface area contributed by atoms with Gasteiger partial charge >= 0.3 is 5.91 Å². The molecule has 1 N–H and O–H groups in total. The molecule has 36 heavy (non-hydrogen) atoms. The van der Waals surface area contributed by atoms with E-state index in [2.05, 4.69) is 5.16 Å². The highest BCUT2D eigenvalue weighted by Crippen LogP contribution is 2.42. The van der Waals surface area contributed by atoms with E-state index in [0.29, 0.717) is 34.3 Å². The molecule has 0 aliphatic carbocycles. The molecule has 1 aliphatic rings. The Bertz CT molecular complexity index is 1440. The van der Waals surface area contributed by atoms with Crippen LogP contribution in [0.5, 0.6) is 5.75 Å². The zero-order valence-electron chi connectivity index (χ0n) is 19.2. The number of aryl methyl sites for hydroxylation is 1. The van der Waals surface area contributed by atoms with Crippen molar-refractivity contribution in [2.45, 2.75) is 19.6 Å². The molecule has 180 valence electrons. The lowest BCUT2D eigenvalue weighted by Gasteiger charge is -2.23. The molecule has 5 rings (SSSR count). The van der Waals surface area contributed by atoms with Gasteiger partial charge < -0.3 is 14.4 Å². The minimum Gasteiger partial charge on any atom is -0.507 e. The zero-order valence-corrected chi connectivity index (χ0v) is 20.0. The molecule has 1 aromatic heterocycles. The summed E-state index contributed by atoms with van der Waals surface area (Å²) in [4.78, 5) is 27.5. The van der Waals surface area contributed by atoms with Crippen LogP contribution in [0, 0.1) is 6.92 Å². The Morgan fingerprint density at radius 3 is 2.36 bits per heavy atom. The number of hydrogen-bond acceptors (Lipinski definition) is 6. The number of ether oxygens (including phenoxy) is 1. The second kappa shape index (κ2) is 9.71. The molecule has 0 radical (unpaired) electrons. The molecule has 7 nitrogen and oxygen atoms in total. The molecule has 8 heteroatoms. The van der Waals surface area contributed by atoms with Crippen molar-refractivity contribution in [1.29, 1.82) is 0 Å². The van der Waals surface area contributed by atoms with Crippen molar-refractivity contribution < 1.29 is 24.0 Å². The van der Waals surface area contributed by atoms with E-state index in [1.54, 1.807) is 61.5 Å². The number of benzene rings is 3. The summed E-state index contributed by atoms with van der Waals surface area (Å²) in [6, 6.07) is 23.8. The number of rotatable bonds is 6. The van der Waals surface area contributed by atoms with Gasteiger partial charge in [0.2, 0.25) is 0 Å². The van der Waals surface area contributed by atoms with Crippen molar-refractivity contribution in [2.75, 3.05) is 4.90 Å². The third-order valence-electron chi connectivity index (χ3n) is 5.87. The molecular weight excluding hydrogens is 480 g/mol. The monoisotopic (exact) mass is 500 g/mol. The van der Waals surface area contributed by atoms with Crippen molar-refractivity contribution >= 4 is 34.9 Å². The summed E-state index contributed by atoms with van der Waals surface area (Å²) in [7, 11) is 0. The molecule has 0 spiro atoms. The van der Waals surface area contributed by atoms with Crippen molar-refractivity contribution in [1.82, 2.24) is 5.16 Å². The number of hydrogen-bond donors (Lipinski definition) is 1. The topological polar surface area (TPSA) is 92.9 Å². The van der Waals surface area contributed by atoms with Crippen LogP contribution in [-0.2, 0) is 16.2 Å². The van der Waals surface area contributed by atoms with E-state index in [1.165, 1.54) is 4.90 Å². The summed E-state index contributed by atoms with van der Waals surface area (Å²) in [5, 5.41) is 15.6. The first kappa shape index (κ1) is 23.4. The van der Waals surface area contributed by atoms with Crippen LogP contribution in [0.15, 0.2) is 95.0 Å². The van der Waals surface area contributed by atoms with Crippen molar-refractivity contribution in [3.63, 3.8) is 0 Å². The maximum atomic E-state index is 13.2. The second-order valence-corrected chi connectivity index (χ2v) is 8.75. The van der Waals surface area contributed by atoms with E-state index in [1.807, 2.05) is 30.3 Å². The second-order valence-electron chi connectivity index (χ2n) is 8.32. The number of carbonyl (C=O) groups is 2. The first-order valence-electron chi connectivity index (χ1n) is 11.2. The van der Waals surface area contributed by atoms with Gasteiger partial charge in [-0.1, -0.05) is 59.2 Å². The fourth-order valence-corrected chi connectivity index (χ4v) is 4.23. The van der Waals surface area contributed by atoms with Gasteiger partial charge in [-0.2, -0.15) is 0 Å². The normalized spacial score (nSPS) is 16.9. The number of aliphatic hydroxyl groups is 1. The fourth-order valence-electron chi connectivity index (χ4n) is 4.10. The van der Waals surface area contributed by atoms with Crippen LogP contribution in [0.25, 0.3) is 5.76 Å². The molecule has 1 fully saturated rings. The van der Waals surface area contributed by atoms with E-state index in [-0.39, 0.29) is 17.2 Å². The Labute approximate surface area is 212 Å². The van der Waals surface area contributed by atoms with E-state index in [4.69, 9.17) is 20.9 Å². The number of amides is 1. The first-order chi connectivity index (χ1) is 17.4. The van der Waals surface area contributed by atoms with Crippen LogP contribution in [0.3, 0.4) is 0 Å². The Morgan fingerprint density at radius 2 is 1.72 bits per heavy atom. The van der Waals surface area contributed by atoms with Gasteiger partial charge in [0.1, 0.15) is 23.9 Å². The minimum absolute atomic E-state index is 0.0547. The summed E-state index contributed by atoms with van der Waals surface area (Å²) >= 11 is 5.98. The molecular formula is C28H21ClN2O5. The Balaban J connectivity index is 1.54. The molecule has 4 aromatic rings. The van der Waals surface area contributed by atoms with Crippen molar-refractivity contribution in [2.24, 2.45) is 0 Å². The van der Waals surface area contributed by atoms with Crippen LogP contribution < -0.4 is 9.64 Å². The highest BCUT2D eigenvalue weighted by molar-refractivity contribution is 6.51. The smallest absolute Gasteiger partial charge is 0.301 e. The lowest BCUT2D eigenvalue weighted by atomic mass is 9.95. The lowest BCUT2D eigenvalue weighted by molar-refractivity contribution is -0.132. The van der Waals surface area contributed by atoms with Gasteiger partial charge in [-0.05, 0) is 54.4 Å². The zero-order chi connectivity index (χ0) is 25.2. The van der Waals surface area contributed by atoms with E-state index in [9.17, 15) is 14.7 Å². The summed E-state index contributed by atoms with van der Waals surface area (Å²) in [5.74, 6) is -0.658. The van der Waals surface area contributed by atoms with Gasteiger partial charge in [0.05, 0.1) is 11.6 Å². The summed E-state index contributed by atoms with van der Waals surface area (Å²) < 4.78 is 11.0. The summed E-state index contributed by atoms with van der Waals surface area (Å²) in [6.45, 7) is 2.09. The Morgan fingerprint density at radius 1 is 1.03 bits per heavy atom. The maximum absolute atomic E-state index is 13.2. The average Bonchev–Trinajstić information content (AvgIpc) is 3.44. The lowest BCUT2D eigenvalue weighted by Crippen LogP contribution is -2.29. The molecule has 1 amide bonds. The van der Waals surface area contributed by atoms with Gasteiger partial charge in [-0.15, -0.1) is 0 Å². The minimum atomic E-state index is -0.923. The highest BCUT2D eigenvalue weighted by atomic mass is 35.5. The molecule has 1 atom stereocenters. The van der Waals surface area contributed by atoms with Crippen LogP contribution >= 0.6 is 11.6 Å². The summed E-state index contributed by atoms with van der Waals surface area (Å²) in [5.41, 5.74) is 1.93. The highest BCUT2D eigenvalue weighted by Gasteiger charge is 2.48. The summed E-state index contributed by atoms with van der Waals surface area (Å²) in [6.07, 6.45) is 0. The van der Waals surface area contributed by atoms with Gasteiger partial charge in [0, 0.05) is 16.7 Å². The number of anilines is 1. The van der Waals surface area contributed by atoms with E-state index >= 15 is 0 Å². The number of nitrogens with zero attached hydrogens (tertiary/aromatic N) is 2. The Hall–Kier alpha value is -4.36. The van der Waals surface area contributed by atoms with Crippen LogP contribution in [0.1, 0.15) is 28.5 Å². The molecule has 2 heterocycles. The number of carbonyl (C=O) groups excluding carboxylic acids is 2. The SMILES string of the molecule is Cc1cc(N2C(=O)C(=O)/C(=C(/O)c3ccc(Cl)cc3)C2c2ccc(OCc3ccccc3)cc2)no1. The molecule has 1 aliphatic heterocycles. The predicted molar refractivity (Wildman–Crippen MR) is 135 cm³/mol. The van der Waals surface area contributed by atoms with E-state index in [0.717, 1.165) is 5.56 Å². The number of aliphatic hydroxyl groups excluding tert-OH is 1. The molecule has 1 saturated heterocycles. The number of halogens is 1. The largest absolute Gasteiger partial charge is 0.507 e. The third kappa shape index (κ3) is 4.48. The number of ketones is 1. The van der Waals surface area contributed by atoms with Crippen LogP contribution in [-0.4, -0.2) is 22.0 Å². The average molecular weight is 501 g/mol. The molecule has 1 unspecified atom stereocenters. The van der Waals surface area contributed by atoms with Gasteiger partial charge in [0.15, 0.2) is 5.82 Å². The van der Waals surface area contributed by atoms with Gasteiger partial charge in [-0.3, -0.25) is 14.5 Å². The van der Waals surface area contributed by atoms with Gasteiger partial charge in [-0.25, -0.2) is 0 Å².